The monoisotopic (exact) mass is 438 g/mol. The van der Waals surface area contributed by atoms with E-state index in [0.29, 0.717) is 6.42 Å². The van der Waals surface area contributed by atoms with Crippen molar-refractivity contribution >= 4 is 5.91 Å². The van der Waals surface area contributed by atoms with E-state index in [9.17, 15) is 4.79 Å². The average Bonchev–Trinajstić information content (AvgIpc) is 2.78. The number of nitrogens with one attached hydrogen (secondary N) is 2. The van der Waals surface area contributed by atoms with Crippen LogP contribution in [0.3, 0.4) is 0 Å². The van der Waals surface area contributed by atoms with Crippen molar-refractivity contribution in [1.29, 1.82) is 0 Å². The molecule has 0 heterocycles. The molecule has 1 atom stereocenters. The van der Waals surface area contributed by atoms with Crippen LogP contribution in [0.4, 0.5) is 0 Å². The van der Waals surface area contributed by atoms with Gasteiger partial charge in [-0.25, -0.2) is 0 Å². The Morgan fingerprint density at radius 2 is 0.935 bits per heavy atom. The van der Waals surface area contributed by atoms with Crippen LogP contribution < -0.4 is 10.6 Å². The van der Waals surface area contributed by atoms with Crippen molar-refractivity contribution in [2.75, 3.05) is 6.54 Å². The Balaban J connectivity index is 3.22. The van der Waals surface area contributed by atoms with Crippen molar-refractivity contribution in [2.24, 2.45) is 0 Å². The van der Waals surface area contributed by atoms with Crippen molar-refractivity contribution in [3.8, 4) is 0 Å². The van der Waals surface area contributed by atoms with Crippen LogP contribution in [-0.2, 0) is 4.79 Å². The molecule has 0 aliphatic heterocycles. The van der Waals surface area contributed by atoms with E-state index in [1.165, 1.54) is 116 Å². The van der Waals surface area contributed by atoms with Crippen LogP contribution in [0.2, 0.25) is 0 Å². The highest BCUT2D eigenvalue weighted by molar-refractivity contribution is 5.76. The molecule has 0 saturated carbocycles. The second-order valence-electron chi connectivity index (χ2n) is 9.60. The molecular weight excluding hydrogens is 380 g/mol. The molecule has 0 radical (unpaired) electrons. The van der Waals surface area contributed by atoms with Gasteiger partial charge in [0.05, 0.1) is 6.17 Å². The smallest absolute Gasteiger partial charge is 0.221 e. The lowest BCUT2D eigenvalue weighted by Crippen LogP contribution is -2.45. The molecule has 0 aliphatic carbocycles. The van der Waals surface area contributed by atoms with Gasteiger partial charge in [0.15, 0.2) is 0 Å². The van der Waals surface area contributed by atoms with Gasteiger partial charge in [0.25, 0.3) is 0 Å². The van der Waals surface area contributed by atoms with E-state index in [4.69, 9.17) is 0 Å². The summed E-state index contributed by atoms with van der Waals surface area (Å²) >= 11 is 0. The summed E-state index contributed by atoms with van der Waals surface area (Å²) in [6.07, 6.45) is 29.3. The van der Waals surface area contributed by atoms with Gasteiger partial charge < -0.3 is 5.32 Å². The van der Waals surface area contributed by atoms with E-state index in [1.54, 1.807) is 0 Å². The summed E-state index contributed by atoms with van der Waals surface area (Å²) in [7, 11) is 0. The number of carbonyl (C=O) groups excluding carboxylic acids is 1. The summed E-state index contributed by atoms with van der Waals surface area (Å²) in [5.41, 5.74) is 0. The zero-order chi connectivity index (χ0) is 22.8. The lowest BCUT2D eigenvalue weighted by atomic mass is 10.0. The molecule has 0 aromatic heterocycles. The van der Waals surface area contributed by atoms with E-state index in [-0.39, 0.29) is 12.1 Å². The zero-order valence-electron chi connectivity index (χ0n) is 21.7. The van der Waals surface area contributed by atoms with E-state index in [2.05, 4.69) is 31.4 Å². The summed E-state index contributed by atoms with van der Waals surface area (Å²) in [5.74, 6) is 0.211. The minimum absolute atomic E-state index is 0.146. The first-order valence-electron chi connectivity index (χ1n) is 14.3. The van der Waals surface area contributed by atoms with Crippen LogP contribution in [0.1, 0.15) is 162 Å². The molecule has 186 valence electrons. The highest BCUT2D eigenvalue weighted by atomic mass is 16.1. The quantitative estimate of drug-likeness (QED) is 0.111. The summed E-state index contributed by atoms with van der Waals surface area (Å²) in [6.45, 7) is 7.53. The minimum atomic E-state index is 0.146. The molecule has 0 saturated heterocycles. The molecule has 0 spiro atoms. The fourth-order valence-corrected chi connectivity index (χ4v) is 4.25. The number of unbranched alkanes of at least 4 members (excludes halogenated alkanes) is 18. The lowest BCUT2D eigenvalue weighted by Gasteiger charge is -2.18. The summed E-state index contributed by atoms with van der Waals surface area (Å²) in [4.78, 5) is 12.0. The van der Waals surface area contributed by atoms with Crippen molar-refractivity contribution in [3.63, 3.8) is 0 Å². The van der Waals surface area contributed by atoms with Crippen LogP contribution in [0, 0.1) is 0 Å². The minimum Gasteiger partial charge on any atom is -0.341 e. The molecule has 1 amide bonds. The standard InChI is InChI=1S/C28H58N2O/c1-4-7-8-9-10-11-12-13-14-15-16-17-18-19-20-21-22-23-24-25-28(31)30-27(6-3)29-26-5-2/h27,29H,4-26H2,1-3H3,(H,30,31). The maximum Gasteiger partial charge on any atom is 0.221 e. The predicted molar refractivity (Wildman–Crippen MR) is 139 cm³/mol. The van der Waals surface area contributed by atoms with Gasteiger partial charge in [-0.2, -0.15) is 0 Å². The Kier molecular flexibility index (Phi) is 25.2. The van der Waals surface area contributed by atoms with Gasteiger partial charge in [0, 0.05) is 6.42 Å². The van der Waals surface area contributed by atoms with Crippen LogP contribution in [0.5, 0.6) is 0 Å². The number of hydrogen-bond acceptors (Lipinski definition) is 2. The Hall–Kier alpha value is -0.570. The molecule has 3 nitrogen and oxygen atoms in total. The largest absolute Gasteiger partial charge is 0.341 e. The third-order valence-electron chi connectivity index (χ3n) is 6.39. The Labute approximate surface area is 196 Å². The van der Waals surface area contributed by atoms with Gasteiger partial charge in [0.2, 0.25) is 5.91 Å². The predicted octanol–water partition coefficient (Wildman–Crippen LogP) is 8.66. The average molecular weight is 439 g/mol. The van der Waals surface area contributed by atoms with E-state index in [0.717, 1.165) is 25.8 Å². The molecule has 0 aromatic rings. The molecule has 31 heavy (non-hydrogen) atoms. The normalized spacial score (nSPS) is 12.2. The molecule has 1 unspecified atom stereocenters. The molecule has 2 N–H and O–H groups in total. The highest BCUT2D eigenvalue weighted by Gasteiger charge is 2.08. The molecule has 0 rings (SSSR count). The van der Waals surface area contributed by atoms with Gasteiger partial charge in [-0.1, -0.05) is 136 Å². The molecule has 0 fully saturated rings. The summed E-state index contributed by atoms with van der Waals surface area (Å²) < 4.78 is 0. The summed E-state index contributed by atoms with van der Waals surface area (Å²) in [5, 5.41) is 6.49. The van der Waals surface area contributed by atoms with E-state index >= 15 is 0 Å². The van der Waals surface area contributed by atoms with Crippen molar-refractivity contribution in [2.45, 2.75) is 168 Å². The Morgan fingerprint density at radius 3 is 1.29 bits per heavy atom. The third kappa shape index (κ3) is 23.9. The maximum atomic E-state index is 12.0. The fourth-order valence-electron chi connectivity index (χ4n) is 4.25. The molecule has 3 heteroatoms. The highest BCUT2D eigenvalue weighted by Crippen LogP contribution is 2.14. The lowest BCUT2D eigenvalue weighted by molar-refractivity contribution is -0.122. The van der Waals surface area contributed by atoms with Crippen LogP contribution in [-0.4, -0.2) is 18.6 Å². The third-order valence-corrected chi connectivity index (χ3v) is 6.39. The second-order valence-corrected chi connectivity index (χ2v) is 9.60. The first-order valence-corrected chi connectivity index (χ1v) is 14.3. The van der Waals surface area contributed by atoms with Gasteiger partial charge in [-0.15, -0.1) is 0 Å². The van der Waals surface area contributed by atoms with Crippen molar-refractivity contribution < 1.29 is 4.79 Å². The van der Waals surface area contributed by atoms with Crippen molar-refractivity contribution in [3.05, 3.63) is 0 Å². The SMILES string of the molecule is CCCCCCCCCCCCCCCCCCCCCC(=O)NC(CC)NCCC. The van der Waals surface area contributed by atoms with E-state index < -0.39 is 0 Å². The first-order chi connectivity index (χ1) is 15.2. The second kappa shape index (κ2) is 25.7. The number of hydrogen-bond donors (Lipinski definition) is 2. The van der Waals surface area contributed by atoms with Gasteiger partial charge >= 0.3 is 0 Å². The Morgan fingerprint density at radius 1 is 0.548 bits per heavy atom. The van der Waals surface area contributed by atoms with Gasteiger partial charge in [-0.3, -0.25) is 10.1 Å². The number of rotatable bonds is 25. The van der Waals surface area contributed by atoms with E-state index in [1.807, 2.05) is 0 Å². The zero-order valence-corrected chi connectivity index (χ0v) is 21.7. The number of carbonyl (C=O) groups is 1. The molecule has 0 bridgehead atoms. The Bertz CT molecular complexity index is 359. The molecule has 0 aliphatic rings. The first kappa shape index (κ1) is 30.4. The fraction of sp³-hybridized carbons (Fsp3) is 0.964. The molecule has 0 aromatic carbocycles. The topological polar surface area (TPSA) is 41.1 Å². The van der Waals surface area contributed by atoms with Crippen LogP contribution in [0.25, 0.3) is 0 Å². The van der Waals surface area contributed by atoms with Gasteiger partial charge in [0.1, 0.15) is 0 Å². The number of amides is 1. The van der Waals surface area contributed by atoms with Crippen LogP contribution in [0.15, 0.2) is 0 Å². The van der Waals surface area contributed by atoms with Crippen LogP contribution >= 0.6 is 0 Å². The summed E-state index contributed by atoms with van der Waals surface area (Å²) in [6, 6.07) is 0. The maximum absolute atomic E-state index is 12.0. The van der Waals surface area contributed by atoms with Gasteiger partial charge in [-0.05, 0) is 25.8 Å². The molecular formula is C28H58N2O. The van der Waals surface area contributed by atoms with Crippen molar-refractivity contribution in [1.82, 2.24) is 10.6 Å².